The fourth-order valence-corrected chi connectivity index (χ4v) is 4.75. The zero-order chi connectivity index (χ0) is 22.5. The van der Waals surface area contributed by atoms with Crippen LogP contribution in [-0.2, 0) is 17.8 Å². The third kappa shape index (κ3) is 4.98. The summed E-state index contributed by atoms with van der Waals surface area (Å²) in [4.78, 5) is 20.6. The average molecular weight is 469 g/mol. The number of aromatic nitrogens is 1. The molecule has 0 aliphatic heterocycles. The first-order chi connectivity index (χ1) is 15.6. The molecule has 0 atom stereocenters. The first kappa shape index (κ1) is 22.0. The maximum absolute atomic E-state index is 13.4. The number of nitrogens with zero attached hydrogens (tertiary/aromatic N) is 2. The highest BCUT2D eigenvalue weighted by Crippen LogP contribution is 2.33. The van der Waals surface area contributed by atoms with Crippen LogP contribution in [0.2, 0.25) is 0 Å². The number of ether oxygens (including phenoxy) is 2. The van der Waals surface area contributed by atoms with Crippen molar-refractivity contribution in [3.05, 3.63) is 81.7 Å². The molecule has 32 heavy (non-hydrogen) atoms. The molecule has 0 fully saturated rings. The van der Waals surface area contributed by atoms with Gasteiger partial charge in [-0.05, 0) is 53.9 Å². The minimum atomic E-state index is -0.337. The summed E-state index contributed by atoms with van der Waals surface area (Å²) in [5.74, 6) is 0.827. The Hall–Kier alpha value is -3.23. The van der Waals surface area contributed by atoms with Gasteiger partial charge in [-0.1, -0.05) is 6.07 Å². The minimum Gasteiger partial charge on any atom is -0.493 e. The molecule has 4 aromatic rings. The van der Waals surface area contributed by atoms with Crippen LogP contribution >= 0.6 is 22.7 Å². The van der Waals surface area contributed by atoms with E-state index in [0.717, 1.165) is 15.4 Å². The second-order valence-corrected chi connectivity index (χ2v) is 8.82. The summed E-state index contributed by atoms with van der Waals surface area (Å²) >= 11 is 3.04. The molecule has 5 nitrogen and oxygen atoms in total. The molecule has 0 N–H and O–H groups in total. The molecule has 8 heteroatoms. The van der Waals surface area contributed by atoms with Crippen molar-refractivity contribution in [3.63, 3.8) is 0 Å². The van der Waals surface area contributed by atoms with Crippen molar-refractivity contribution in [2.75, 3.05) is 19.1 Å². The van der Waals surface area contributed by atoms with Crippen molar-refractivity contribution < 1.29 is 18.7 Å². The van der Waals surface area contributed by atoms with Crippen LogP contribution in [0.15, 0.2) is 65.4 Å². The van der Waals surface area contributed by atoms with E-state index >= 15 is 0 Å². The Morgan fingerprint density at radius 2 is 1.81 bits per heavy atom. The first-order valence-corrected chi connectivity index (χ1v) is 11.6. The molecule has 0 aliphatic rings. The number of carbonyl (C=O) groups is 1. The predicted octanol–water partition coefficient (Wildman–Crippen LogP) is 5.80. The summed E-state index contributed by atoms with van der Waals surface area (Å²) in [6.45, 7) is 0.425. The molecule has 0 saturated heterocycles. The minimum absolute atomic E-state index is 0.103. The second kappa shape index (κ2) is 9.93. The number of hydrogen-bond acceptors (Lipinski definition) is 6. The maximum atomic E-state index is 13.4. The van der Waals surface area contributed by atoms with E-state index in [9.17, 15) is 9.18 Å². The van der Waals surface area contributed by atoms with Gasteiger partial charge in [0.2, 0.25) is 5.91 Å². The number of carbonyl (C=O) groups excluding carboxylic acids is 1. The van der Waals surface area contributed by atoms with Crippen LogP contribution in [0.25, 0.3) is 10.6 Å². The molecule has 4 rings (SSSR count). The van der Waals surface area contributed by atoms with Gasteiger partial charge in [-0.15, -0.1) is 22.7 Å². The SMILES string of the molecule is COc1ccc(-c2nc(CC(=O)N(Cc3cccs3)c3ccc(F)cc3)cs2)cc1OC. The Morgan fingerprint density at radius 1 is 1.03 bits per heavy atom. The van der Waals surface area contributed by atoms with E-state index in [0.29, 0.717) is 29.4 Å². The third-order valence-corrected chi connectivity index (χ3v) is 6.65. The number of thiophene rings is 1. The predicted molar refractivity (Wildman–Crippen MR) is 126 cm³/mol. The molecule has 2 aromatic carbocycles. The van der Waals surface area contributed by atoms with E-state index in [2.05, 4.69) is 4.98 Å². The van der Waals surface area contributed by atoms with Gasteiger partial charge in [-0.3, -0.25) is 4.79 Å². The lowest BCUT2D eigenvalue weighted by molar-refractivity contribution is -0.118. The van der Waals surface area contributed by atoms with E-state index in [4.69, 9.17) is 9.47 Å². The zero-order valence-electron chi connectivity index (χ0n) is 17.6. The Balaban J connectivity index is 1.55. The fourth-order valence-electron chi connectivity index (χ4n) is 3.24. The van der Waals surface area contributed by atoms with Gasteiger partial charge in [-0.25, -0.2) is 9.37 Å². The van der Waals surface area contributed by atoms with Crippen molar-refractivity contribution in [2.45, 2.75) is 13.0 Å². The van der Waals surface area contributed by atoms with Crippen molar-refractivity contribution in [3.8, 4) is 22.1 Å². The van der Waals surface area contributed by atoms with Crippen molar-refractivity contribution in [1.82, 2.24) is 4.98 Å². The van der Waals surface area contributed by atoms with Gasteiger partial charge < -0.3 is 14.4 Å². The molecule has 0 unspecified atom stereocenters. The van der Waals surface area contributed by atoms with Crippen LogP contribution in [0, 0.1) is 5.82 Å². The Kier molecular flexibility index (Phi) is 6.82. The van der Waals surface area contributed by atoms with Gasteiger partial charge in [0.05, 0.1) is 32.9 Å². The number of amides is 1. The van der Waals surface area contributed by atoms with Crippen LogP contribution < -0.4 is 14.4 Å². The van der Waals surface area contributed by atoms with Gasteiger partial charge >= 0.3 is 0 Å². The van der Waals surface area contributed by atoms with Gasteiger partial charge in [0.25, 0.3) is 0 Å². The number of rotatable bonds is 8. The Morgan fingerprint density at radius 3 is 2.50 bits per heavy atom. The van der Waals surface area contributed by atoms with E-state index in [-0.39, 0.29) is 18.1 Å². The maximum Gasteiger partial charge on any atom is 0.233 e. The van der Waals surface area contributed by atoms with Crippen molar-refractivity contribution >= 4 is 34.3 Å². The fraction of sp³-hybridized carbons (Fsp3) is 0.167. The van der Waals surface area contributed by atoms with Crippen LogP contribution in [-0.4, -0.2) is 25.1 Å². The van der Waals surface area contributed by atoms with Crippen molar-refractivity contribution in [1.29, 1.82) is 0 Å². The smallest absolute Gasteiger partial charge is 0.233 e. The quantitative estimate of drug-likeness (QED) is 0.328. The third-order valence-electron chi connectivity index (χ3n) is 4.85. The van der Waals surface area contributed by atoms with E-state index in [1.807, 2.05) is 41.1 Å². The summed E-state index contributed by atoms with van der Waals surface area (Å²) in [7, 11) is 3.18. The number of benzene rings is 2. The standard InChI is InChI=1S/C24H21FN2O3S2/c1-29-21-10-5-16(12-22(21)30-2)24-26-18(15-32-24)13-23(28)27(14-20-4-3-11-31-20)19-8-6-17(25)7-9-19/h3-12,15H,13-14H2,1-2H3. The average Bonchev–Trinajstić information content (AvgIpc) is 3.50. The molecule has 0 bridgehead atoms. The van der Waals surface area contributed by atoms with Crippen molar-refractivity contribution in [2.24, 2.45) is 0 Å². The molecule has 0 aliphatic carbocycles. The summed E-state index contributed by atoms with van der Waals surface area (Å²) in [6.07, 6.45) is 0.145. The summed E-state index contributed by atoms with van der Waals surface area (Å²) in [6, 6.07) is 15.5. The summed E-state index contributed by atoms with van der Waals surface area (Å²) in [5.41, 5.74) is 2.23. The molecule has 164 valence electrons. The van der Waals surface area contributed by atoms with E-state index in [1.165, 1.54) is 23.5 Å². The van der Waals surface area contributed by atoms with Gasteiger partial charge in [0.1, 0.15) is 10.8 Å². The highest BCUT2D eigenvalue weighted by Gasteiger charge is 2.19. The Bertz CT molecular complexity index is 1190. The monoisotopic (exact) mass is 468 g/mol. The van der Waals surface area contributed by atoms with Crippen LogP contribution in [0.5, 0.6) is 11.5 Å². The lowest BCUT2D eigenvalue weighted by atomic mass is 10.2. The van der Waals surface area contributed by atoms with Gasteiger partial charge in [0.15, 0.2) is 11.5 Å². The van der Waals surface area contributed by atoms with Crippen LogP contribution in [0.4, 0.5) is 10.1 Å². The first-order valence-electron chi connectivity index (χ1n) is 9.82. The molecule has 0 spiro atoms. The van der Waals surface area contributed by atoms with Gasteiger partial charge in [-0.2, -0.15) is 0 Å². The topological polar surface area (TPSA) is 51.7 Å². The highest BCUT2D eigenvalue weighted by atomic mass is 32.1. The van der Waals surface area contributed by atoms with E-state index < -0.39 is 0 Å². The second-order valence-electron chi connectivity index (χ2n) is 6.93. The molecular weight excluding hydrogens is 447 g/mol. The number of hydrogen-bond donors (Lipinski definition) is 0. The number of halogens is 1. The zero-order valence-corrected chi connectivity index (χ0v) is 19.2. The lowest BCUT2D eigenvalue weighted by Gasteiger charge is -2.22. The highest BCUT2D eigenvalue weighted by molar-refractivity contribution is 7.13. The molecule has 0 saturated carbocycles. The number of anilines is 1. The van der Waals surface area contributed by atoms with Crippen LogP contribution in [0.1, 0.15) is 10.6 Å². The normalized spacial score (nSPS) is 10.7. The summed E-state index contributed by atoms with van der Waals surface area (Å²) < 4.78 is 24.1. The van der Waals surface area contributed by atoms with Crippen LogP contribution in [0.3, 0.4) is 0 Å². The summed E-state index contributed by atoms with van der Waals surface area (Å²) in [5, 5.41) is 4.65. The number of thiazole rings is 1. The Labute approximate surface area is 193 Å². The molecule has 1 amide bonds. The molecular formula is C24H21FN2O3S2. The number of methoxy groups -OCH3 is 2. The molecule has 2 aromatic heterocycles. The molecule has 2 heterocycles. The lowest BCUT2D eigenvalue weighted by Crippen LogP contribution is -2.31. The largest absolute Gasteiger partial charge is 0.493 e. The van der Waals surface area contributed by atoms with Gasteiger partial charge in [0, 0.05) is 21.5 Å². The molecule has 0 radical (unpaired) electrons. The van der Waals surface area contributed by atoms with E-state index in [1.54, 1.807) is 42.6 Å².